The van der Waals surface area contributed by atoms with Crippen LogP contribution in [0.1, 0.15) is 12.1 Å². The van der Waals surface area contributed by atoms with Gasteiger partial charge in [-0.05, 0) is 66.7 Å². The molecule has 0 spiro atoms. The summed E-state index contributed by atoms with van der Waals surface area (Å²) in [5.41, 5.74) is 7.31. The Hall–Kier alpha value is -4.17. The number of nitrogens with zero attached hydrogens (tertiary/aromatic N) is 3. The van der Waals surface area contributed by atoms with E-state index in [0.717, 1.165) is 69.3 Å². The SMILES string of the molecule is S=C(Nc1ccccc1)N1CC=C(c2cc3c(Nc4ccc5[nH]ncc5c4)ccnc3[nH]2)CC1. The third-order valence-corrected chi connectivity index (χ3v) is 6.48. The molecule has 4 N–H and O–H groups in total. The predicted molar refractivity (Wildman–Crippen MR) is 142 cm³/mol. The molecule has 0 atom stereocenters. The van der Waals surface area contributed by atoms with Crippen LogP contribution in [0.2, 0.25) is 0 Å². The third kappa shape index (κ3) is 3.99. The maximum absolute atomic E-state index is 5.62. The Labute approximate surface area is 201 Å². The highest BCUT2D eigenvalue weighted by molar-refractivity contribution is 7.80. The number of hydrogen-bond acceptors (Lipinski definition) is 4. The molecule has 5 aromatic rings. The Balaban J connectivity index is 1.20. The van der Waals surface area contributed by atoms with Crippen LogP contribution < -0.4 is 10.6 Å². The summed E-state index contributed by atoms with van der Waals surface area (Å²) in [5, 5.41) is 16.8. The second-order valence-corrected chi connectivity index (χ2v) is 8.71. The normalized spacial score (nSPS) is 13.8. The number of fused-ring (bicyclic) bond motifs is 2. The lowest BCUT2D eigenvalue weighted by Gasteiger charge is -2.28. The van der Waals surface area contributed by atoms with Crippen molar-refractivity contribution in [1.82, 2.24) is 25.1 Å². The zero-order chi connectivity index (χ0) is 22.9. The van der Waals surface area contributed by atoms with Crippen LogP contribution in [0.3, 0.4) is 0 Å². The molecule has 0 bridgehead atoms. The number of para-hydroxylation sites is 1. The average molecular weight is 466 g/mol. The van der Waals surface area contributed by atoms with Gasteiger partial charge in [0, 0.05) is 47.1 Å². The minimum atomic E-state index is 0.751. The predicted octanol–water partition coefficient (Wildman–Crippen LogP) is 5.67. The molecule has 6 rings (SSSR count). The summed E-state index contributed by atoms with van der Waals surface area (Å²) >= 11 is 5.62. The van der Waals surface area contributed by atoms with Crippen LogP contribution in [0.15, 0.2) is 79.1 Å². The first-order valence-corrected chi connectivity index (χ1v) is 11.6. The summed E-state index contributed by atoms with van der Waals surface area (Å²) in [6, 6.07) is 20.4. The Morgan fingerprint density at radius 3 is 2.79 bits per heavy atom. The van der Waals surface area contributed by atoms with E-state index in [1.54, 1.807) is 0 Å². The van der Waals surface area contributed by atoms with Crippen LogP contribution in [0, 0.1) is 0 Å². The molecule has 0 unspecified atom stereocenters. The van der Waals surface area contributed by atoms with Gasteiger partial charge in [0.25, 0.3) is 0 Å². The van der Waals surface area contributed by atoms with Crippen molar-refractivity contribution in [3.05, 3.63) is 84.8 Å². The highest BCUT2D eigenvalue weighted by atomic mass is 32.1. The largest absolute Gasteiger partial charge is 0.355 e. The van der Waals surface area contributed by atoms with Crippen LogP contribution in [-0.4, -0.2) is 43.3 Å². The number of nitrogens with one attached hydrogen (secondary N) is 4. The fraction of sp³-hybridized carbons (Fsp3) is 0.115. The van der Waals surface area contributed by atoms with Gasteiger partial charge in [-0.1, -0.05) is 24.3 Å². The summed E-state index contributed by atoms with van der Waals surface area (Å²) in [4.78, 5) is 10.2. The number of rotatable bonds is 4. The van der Waals surface area contributed by atoms with Crippen LogP contribution in [0.25, 0.3) is 27.5 Å². The van der Waals surface area contributed by atoms with E-state index in [1.165, 1.54) is 5.57 Å². The van der Waals surface area contributed by atoms with Gasteiger partial charge in [0.2, 0.25) is 0 Å². The van der Waals surface area contributed by atoms with Gasteiger partial charge in [-0.2, -0.15) is 5.10 Å². The molecular weight excluding hydrogens is 442 g/mol. The van der Waals surface area contributed by atoms with Gasteiger partial charge >= 0.3 is 0 Å². The molecule has 0 fully saturated rings. The number of anilines is 3. The summed E-state index contributed by atoms with van der Waals surface area (Å²) in [5.74, 6) is 0. The number of benzene rings is 2. The first kappa shape index (κ1) is 20.4. The van der Waals surface area contributed by atoms with Crippen molar-refractivity contribution in [3.8, 4) is 0 Å². The maximum Gasteiger partial charge on any atom is 0.173 e. The number of hydrogen-bond donors (Lipinski definition) is 4. The first-order chi connectivity index (χ1) is 16.7. The summed E-state index contributed by atoms with van der Waals surface area (Å²) < 4.78 is 0. The van der Waals surface area contributed by atoms with Crippen molar-refractivity contribution in [3.63, 3.8) is 0 Å². The second-order valence-electron chi connectivity index (χ2n) is 8.32. The van der Waals surface area contributed by atoms with Crippen LogP contribution in [0.4, 0.5) is 17.1 Å². The minimum absolute atomic E-state index is 0.751. The van der Waals surface area contributed by atoms with Crippen molar-refractivity contribution in [2.75, 3.05) is 23.7 Å². The lowest BCUT2D eigenvalue weighted by Crippen LogP contribution is -2.37. The molecule has 1 aliphatic rings. The molecule has 168 valence electrons. The van der Waals surface area contributed by atoms with Crippen molar-refractivity contribution in [2.24, 2.45) is 0 Å². The average Bonchev–Trinajstić information content (AvgIpc) is 3.52. The summed E-state index contributed by atoms with van der Waals surface area (Å²) in [6.07, 6.45) is 6.80. The van der Waals surface area contributed by atoms with Gasteiger partial charge in [-0.25, -0.2) is 4.98 Å². The maximum atomic E-state index is 5.62. The molecule has 2 aromatic carbocycles. The molecule has 1 aliphatic heterocycles. The number of H-pyrrole nitrogens is 2. The molecule has 3 aromatic heterocycles. The van der Waals surface area contributed by atoms with Crippen LogP contribution in [0.5, 0.6) is 0 Å². The minimum Gasteiger partial charge on any atom is -0.355 e. The summed E-state index contributed by atoms with van der Waals surface area (Å²) in [6.45, 7) is 1.63. The number of thiocarbonyl (C=S) groups is 1. The van der Waals surface area contributed by atoms with Crippen molar-refractivity contribution in [2.45, 2.75) is 6.42 Å². The Kier molecular flexibility index (Phi) is 5.20. The van der Waals surface area contributed by atoms with Gasteiger partial charge in [0.1, 0.15) is 5.65 Å². The van der Waals surface area contributed by atoms with Crippen molar-refractivity contribution >= 4 is 61.9 Å². The van der Waals surface area contributed by atoms with Crippen molar-refractivity contribution in [1.29, 1.82) is 0 Å². The topological polar surface area (TPSA) is 84.7 Å². The molecular formula is C26H23N7S. The zero-order valence-electron chi connectivity index (χ0n) is 18.4. The molecule has 34 heavy (non-hydrogen) atoms. The van der Waals surface area contributed by atoms with E-state index >= 15 is 0 Å². The lowest BCUT2D eigenvalue weighted by molar-refractivity contribution is 0.466. The van der Waals surface area contributed by atoms with Gasteiger partial charge in [0.15, 0.2) is 5.11 Å². The molecule has 8 heteroatoms. The quantitative estimate of drug-likeness (QED) is 0.256. The van der Waals surface area contributed by atoms with Crippen LogP contribution in [-0.2, 0) is 0 Å². The van der Waals surface area contributed by atoms with E-state index in [1.807, 2.05) is 60.9 Å². The number of aromatic nitrogens is 4. The highest BCUT2D eigenvalue weighted by Gasteiger charge is 2.18. The van der Waals surface area contributed by atoms with E-state index in [4.69, 9.17) is 12.2 Å². The summed E-state index contributed by atoms with van der Waals surface area (Å²) in [7, 11) is 0. The second kappa shape index (κ2) is 8.64. The van der Waals surface area contributed by atoms with E-state index in [2.05, 4.69) is 53.9 Å². The van der Waals surface area contributed by atoms with Gasteiger partial charge in [-0.3, -0.25) is 5.10 Å². The zero-order valence-corrected chi connectivity index (χ0v) is 19.2. The number of pyridine rings is 1. The molecule has 0 saturated carbocycles. The van der Waals surface area contributed by atoms with Crippen LogP contribution >= 0.6 is 12.2 Å². The molecule has 0 saturated heterocycles. The molecule has 7 nitrogen and oxygen atoms in total. The van der Waals surface area contributed by atoms with Gasteiger partial charge < -0.3 is 20.5 Å². The molecule has 0 amide bonds. The van der Waals surface area contributed by atoms with Crippen molar-refractivity contribution < 1.29 is 0 Å². The Bertz CT molecular complexity index is 1520. The van der Waals surface area contributed by atoms with E-state index in [0.29, 0.717) is 0 Å². The number of aromatic amines is 2. The van der Waals surface area contributed by atoms with Gasteiger partial charge in [0.05, 0.1) is 17.4 Å². The van der Waals surface area contributed by atoms with Gasteiger partial charge in [-0.15, -0.1) is 0 Å². The third-order valence-electron chi connectivity index (χ3n) is 6.12. The highest BCUT2D eigenvalue weighted by Crippen LogP contribution is 2.31. The standard InChI is InChI=1S/C26H23N7S/c34-26(30-19-4-2-1-3-5-19)33-12-9-17(10-13-33)24-15-21-23(8-11-27-25(21)31-24)29-20-6-7-22-18(14-20)16-28-32-22/h1-9,11,14-16H,10,12-13H2,(H,28,32)(H,30,34)(H2,27,29,31). The fourth-order valence-corrected chi connectivity index (χ4v) is 4.59. The fourth-order valence-electron chi connectivity index (χ4n) is 4.31. The molecule has 0 aliphatic carbocycles. The van der Waals surface area contributed by atoms with E-state index < -0.39 is 0 Å². The monoisotopic (exact) mass is 465 g/mol. The first-order valence-electron chi connectivity index (χ1n) is 11.2. The molecule has 4 heterocycles. The van der Waals surface area contributed by atoms with E-state index in [9.17, 15) is 0 Å². The Morgan fingerprint density at radius 1 is 1.03 bits per heavy atom. The lowest BCUT2D eigenvalue weighted by atomic mass is 10.0. The van der Waals surface area contributed by atoms with E-state index in [-0.39, 0.29) is 0 Å². The molecule has 0 radical (unpaired) electrons. The smallest absolute Gasteiger partial charge is 0.173 e. The Morgan fingerprint density at radius 2 is 1.94 bits per heavy atom.